The molecule has 0 heterocycles. The third-order valence-corrected chi connectivity index (χ3v) is 2.42. The minimum absolute atomic E-state index is 0.0929. The monoisotopic (exact) mass is 358 g/mol. The van der Waals surface area contributed by atoms with Crippen molar-refractivity contribution in [2.45, 2.75) is 26.4 Å². The average molecular weight is 358 g/mol. The molecular formula is C10H13BiO. The number of benzene rings is 1. The first kappa shape index (κ1) is 9.99. The molecule has 0 unspecified atom stereocenters. The maximum absolute atomic E-state index is 5.67. The second-order valence-electron chi connectivity index (χ2n) is 3.71. The van der Waals surface area contributed by atoms with Crippen molar-refractivity contribution >= 4 is 28.0 Å². The minimum atomic E-state index is -0.0929. The maximum atomic E-state index is 5.67. The van der Waals surface area contributed by atoms with Gasteiger partial charge in [0.2, 0.25) is 0 Å². The summed E-state index contributed by atoms with van der Waals surface area (Å²) in [6, 6.07) is 8.27. The van der Waals surface area contributed by atoms with E-state index >= 15 is 0 Å². The Morgan fingerprint density at radius 1 is 1.08 bits per heavy atom. The summed E-state index contributed by atoms with van der Waals surface area (Å²) in [6.07, 6.45) is 0. The van der Waals surface area contributed by atoms with Crippen molar-refractivity contribution in [3.8, 4) is 5.75 Å². The fraction of sp³-hybridized carbons (Fsp3) is 0.400. The summed E-state index contributed by atoms with van der Waals surface area (Å²) in [7, 11) is 0. The molecule has 1 aromatic rings. The predicted octanol–water partition coefficient (Wildman–Crippen LogP) is 1.66. The van der Waals surface area contributed by atoms with Gasteiger partial charge in [-0.15, -0.1) is 0 Å². The molecule has 0 aliphatic heterocycles. The van der Waals surface area contributed by atoms with Crippen LogP contribution in [0.4, 0.5) is 0 Å². The molecule has 0 amide bonds. The van der Waals surface area contributed by atoms with Gasteiger partial charge in [-0.25, -0.2) is 0 Å². The Morgan fingerprint density at radius 3 is 2.00 bits per heavy atom. The second-order valence-corrected chi connectivity index (χ2v) is 5.72. The van der Waals surface area contributed by atoms with Crippen LogP contribution in [0, 0.1) is 0 Å². The fourth-order valence-corrected chi connectivity index (χ4v) is 1.45. The summed E-state index contributed by atoms with van der Waals surface area (Å²) in [4.78, 5) is 0. The quantitative estimate of drug-likeness (QED) is 0.694. The molecule has 0 saturated carbocycles. The summed E-state index contributed by atoms with van der Waals surface area (Å²) in [5.41, 5.74) is -0.0929. The summed E-state index contributed by atoms with van der Waals surface area (Å²) in [6.45, 7) is 6.17. The fourth-order valence-electron chi connectivity index (χ4n) is 0.868. The van der Waals surface area contributed by atoms with Gasteiger partial charge in [-0.2, -0.15) is 0 Å². The third kappa shape index (κ3) is 3.53. The first-order valence-electron chi connectivity index (χ1n) is 3.95. The van der Waals surface area contributed by atoms with Crippen molar-refractivity contribution in [1.29, 1.82) is 0 Å². The van der Waals surface area contributed by atoms with E-state index in [0.29, 0.717) is 0 Å². The zero-order valence-corrected chi connectivity index (χ0v) is 11.1. The number of rotatable bonds is 1. The van der Waals surface area contributed by atoms with E-state index in [4.69, 9.17) is 4.74 Å². The van der Waals surface area contributed by atoms with Gasteiger partial charge in [-0.1, -0.05) is 0 Å². The average Bonchev–Trinajstić information content (AvgIpc) is 1.91. The van der Waals surface area contributed by atoms with E-state index in [9.17, 15) is 0 Å². The summed E-state index contributed by atoms with van der Waals surface area (Å²) in [5.74, 6) is 0.956. The van der Waals surface area contributed by atoms with Crippen LogP contribution in [0.2, 0.25) is 0 Å². The van der Waals surface area contributed by atoms with Crippen LogP contribution in [-0.2, 0) is 0 Å². The van der Waals surface area contributed by atoms with Crippen LogP contribution in [0.3, 0.4) is 0 Å². The van der Waals surface area contributed by atoms with Crippen LogP contribution in [0.5, 0.6) is 5.75 Å². The molecule has 12 heavy (non-hydrogen) atoms. The molecule has 0 spiro atoms. The molecule has 0 fully saturated rings. The molecular weight excluding hydrogens is 345 g/mol. The van der Waals surface area contributed by atoms with Gasteiger partial charge in [-0.05, 0) is 0 Å². The Bertz CT molecular complexity index is 246. The Hall–Kier alpha value is -0.0969. The molecule has 0 atom stereocenters. The van der Waals surface area contributed by atoms with Crippen molar-refractivity contribution in [1.82, 2.24) is 0 Å². The van der Waals surface area contributed by atoms with Gasteiger partial charge in [0.25, 0.3) is 0 Å². The molecule has 0 aliphatic rings. The van der Waals surface area contributed by atoms with E-state index in [1.165, 1.54) is 28.0 Å². The summed E-state index contributed by atoms with van der Waals surface area (Å²) in [5, 5.41) is 0. The second kappa shape index (κ2) is 3.74. The molecule has 0 bridgehead atoms. The molecule has 0 aromatic heterocycles. The van der Waals surface area contributed by atoms with E-state index in [-0.39, 0.29) is 5.60 Å². The molecule has 64 valence electrons. The van der Waals surface area contributed by atoms with Crippen LogP contribution in [0.15, 0.2) is 24.3 Å². The van der Waals surface area contributed by atoms with Crippen molar-refractivity contribution < 1.29 is 4.74 Å². The SMILES string of the molecule is CC(C)(C)Oc1cc[c]([Bi])cc1. The first-order valence-corrected chi connectivity index (χ1v) is 5.69. The Kier molecular flexibility index (Phi) is 3.11. The van der Waals surface area contributed by atoms with E-state index in [0.717, 1.165) is 5.75 Å². The molecule has 1 nitrogen and oxygen atoms in total. The van der Waals surface area contributed by atoms with E-state index in [2.05, 4.69) is 32.9 Å². The Morgan fingerprint density at radius 2 is 1.58 bits per heavy atom. The predicted molar refractivity (Wildman–Crippen MR) is 52.2 cm³/mol. The van der Waals surface area contributed by atoms with Gasteiger partial charge >= 0.3 is 89.1 Å². The number of hydrogen-bond acceptors (Lipinski definition) is 1. The van der Waals surface area contributed by atoms with E-state index in [1.807, 2.05) is 12.1 Å². The molecule has 0 aliphatic carbocycles. The van der Waals surface area contributed by atoms with Gasteiger partial charge in [0, 0.05) is 0 Å². The van der Waals surface area contributed by atoms with Crippen molar-refractivity contribution in [2.24, 2.45) is 0 Å². The first-order chi connectivity index (χ1) is 5.47. The van der Waals surface area contributed by atoms with Crippen LogP contribution in [0.1, 0.15) is 20.8 Å². The van der Waals surface area contributed by atoms with Crippen LogP contribution < -0.4 is 8.01 Å². The Balaban J connectivity index is 2.71. The Labute approximate surface area is 89.0 Å². The topological polar surface area (TPSA) is 9.23 Å². The van der Waals surface area contributed by atoms with E-state index < -0.39 is 0 Å². The third-order valence-electron chi connectivity index (χ3n) is 1.26. The zero-order chi connectivity index (χ0) is 9.19. The van der Waals surface area contributed by atoms with Gasteiger partial charge < -0.3 is 0 Å². The number of ether oxygens (including phenoxy) is 1. The van der Waals surface area contributed by atoms with Gasteiger partial charge in [-0.3, -0.25) is 0 Å². The van der Waals surface area contributed by atoms with Crippen LogP contribution >= 0.6 is 0 Å². The van der Waals surface area contributed by atoms with Crippen molar-refractivity contribution in [2.75, 3.05) is 0 Å². The van der Waals surface area contributed by atoms with Crippen molar-refractivity contribution in [3.63, 3.8) is 0 Å². The number of hydrogen-bond donors (Lipinski definition) is 0. The molecule has 0 saturated heterocycles. The molecule has 2 radical (unpaired) electrons. The van der Waals surface area contributed by atoms with Crippen molar-refractivity contribution in [3.05, 3.63) is 24.3 Å². The van der Waals surface area contributed by atoms with Gasteiger partial charge in [0.05, 0.1) is 0 Å². The molecule has 0 N–H and O–H groups in total. The van der Waals surface area contributed by atoms with E-state index in [1.54, 1.807) is 0 Å². The van der Waals surface area contributed by atoms with Crippen LogP contribution in [0.25, 0.3) is 0 Å². The normalized spacial score (nSPS) is 11.3. The van der Waals surface area contributed by atoms with Gasteiger partial charge in [0.15, 0.2) is 0 Å². The zero-order valence-electron chi connectivity index (χ0n) is 7.66. The summed E-state index contributed by atoms with van der Waals surface area (Å²) < 4.78 is 7.04. The summed E-state index contributed by atoms with van der Waals surface area (Å²) >= 11 is 1.30. The molecule has 2 heteroatoms. The standard InChI is InChI=1S/C10H13O.Bi/c1-10(2,3)11-9-7-5-4-6-8-9;/h5-8H,1-3H3;. The molecule has 1 rings (SSSR count). The molecule has 1 aromatic carbocycles. The van der Waals surface area contributed by atoms with Gasteiger partial charge in [0.1, 0.15) is 0 Å². The van der Waals surface area contributed by atoms with Crippen LogP contribution in [-0.4, -0.2) is 30.3 Å².